The van der Waals surface area contributed by atoms with Crippen LogP contribution in [0.4, 0.5) is 4.39 Å². The second kappa shape index (κ2) is 9.53. The molecule has 0 saturated carbocycles. The van der Waals surface area contributed by atoms with Gasteiger partial charge in [-0.3, -0.25) is 14.2 Å². The zero-order valence-electron chi connectivity index (χ0n) is 19.3. The summed E-state index contributed by atoms with van der Waals surface area (Å²) in [6, 6.07) is 20.2. The number of aryl methyl sites for hydroxylation is 1. The molecule has 3 N–H and O–H groups in total. The Morgan fingerprint density at radius 3 is 2.39 bits per heavy atom. The van der Waals surface area contributed by atoms with Crippen molar-refractivity contribution in [3.63, 3.8) is 0 Å². The minimum atomic E-state index is -4.04. The van der Waals surface area contributed by atoms with Crippen LogP contribution in [0.5, 0.6) is 0 Å². The number of hydrogen-bond donors (Lipinski definition) is 2. The summed E-state index contributed by atoms with van der Waals surface area (Å²) < 4.78 is 44.8. The van der Waals surface area contributed by atoms with Crippen LogP contribution in [0, 0.1) is 17.1 Å². The molecule has 1 atom stereocenters. The second-order valence-corrected chi connectivity index (χ2v) is 10.1. The zero-order valence-corrected chi connectivity index (χ0v) is 20.2. The topological polar surface area (TPSA) is 137 Å². The highest BCUT2D eigenvalue weighted by Gasteiger charge is 2.49. The normalized spacial score (nSPS) is 17.7. The summed E-state index contributed by atoms with van der Waals surface area (Å²) in [5.74, 6) is -1.26. The standard InChI is InChI=1S/C26H23FN4O4S/c1-31-24(32)26(30-25(31)29,21-10-7-17(8-11-21)4-3-13-36(33,34)35)22-6-2-5-18(15-22)19-9-12-23(27)20(14-19)16-28/h2,5-12,14-15H,3-4,13H2,1H3,(H2,29,30)(H,33,34,35). The van der Waals surface area contributed by atoms with Crippen molar-refractivity contribution in [3.05, 3.63) is 94.8 Å². The molecule has 3 aromatic rings. The van der Waals surface area contributed by atoms with Gasteiger partial charge in [-0.2, -0.15) is 13.7 Å². The maximum Gasteiger partial charge on any atom is 0.266 e. The van der Waals surface area contributed by atoms with Gasteiger partial charge in [-0.25, -0.2) is 9.38 Å². The highest BCUT2D eigenvalue weighted by atomic mass is 32.2. The van der Waals surface area contributed by atoms with Gasteiger partial charge < -0.3 is 5.73 Å². The van der Waals surface area contributed by atoms with Crippen LogP contribution in [0.3, 0.4) is 0 Å². The number of likely N-dealkylation sites (N-methyl/N-ethyl adjacent to an activating group) is 1. The largest absolute Gasteiger partial charge is 0.369 e. The number of rotatable bonds is 7. The number of nitrogens with two attached hydrogens (primary N) is 1. The van der Waals surface area contributed by atoms with Crippen LogP contribution >= 0.6 is 0 Å². The smallest absolute Gasteiger partial charge is 0.266 e. The van der Waals surface area contributed by atoms with Crippen molar-refractivity contribution in [2.24, 2.45) is 10.7 Å². The van der Waals surface area contributed by atoms with E-state index >= 15 is 0 Å². The molecule has 4 rings (SSSR count). The second-order valence-electron chi connectivity index (χ2n) is 8.52. The Hall–Kier alpha value is -4.07. The van der Waals surface area contributed by atoms with Gasteiger partial charge in [0.25, 0.3) is 16.0 Å². The van der Waals surface area contributed by atoms with Gasteiger partial charge in [0.1, 0.15) is 11.9 Å². The molecule has 8 nitrogen and oxygen atoms in total. The number of benzene rings is 3. The molecular weight excluding hydrogens is 483 g/mol. The number of amides is 1. The number of aliphatic imine (C=N–C) groups is 1. The monoisotopic (exact) mass is 506 g/mol. The number of nitriles is 1. The fraction of sp³-hybridized carbons (Fsp3) is 0.192. The molecule has 1 aliphatic rings. The van der Waals surface area contributed by atoms with Crippen LogP contribution in [-0.2, 0) is 26.9 Å². The van der Waals surface area contributed by atoms with Crippen molar-refractivity contribution in [1.29, 1.82) is 5.26 Å². The summed E-state index contributed by atoms with van der Waals surface area (Å²) >= 11 is 0. The number of hydrogen-bond acceptors (Lipinski definition) is 6. The summed E-state index contributed by atoms with van der Waals surface area (Å²) in [5.41, 5.74) is 7.72. The van der Waals surface area contributed by atoms with Gasteiger partial charge in [-0.05, 0) is 58.9 Å². The lowest BCUT2D eigenvalue weighted by atomic mass is 9.81. The molecule has 1 unspecified atom stereocenters. The molecule has 36 heavy (non-hydrogen) atoms. The lowest BCUT2D eigenvalue weighted by Gasteiger charge is -2.27. The summed E-state index contributed by atoms with van der Waals surface area (Å²) in [7, 11) is -2.50. The number of carbonyl (C=O) groups excluding carboxylic acids is 1. The third-order valence-electron chi connectivity index (χ3n) is 6.18. The molecule has 0 saturated heterocycles. The Labute approximate surface area is 208 Å². The average Bonchev–Trinajstić information content (AvgIpc) is 3.09. The van der Waals surface area contributed by atoms with Crippen LogP contribution in [0.1, 0.15) is 28.7 Å². The van der Waals surface area contributed by atoms with Gasteiger partial charge >= 0.3 is 0 Å². The van der Waals surface area contributed by atoms with E-state index in [1.165, 1.54) is 24.1 Å². The third kappa shape index (κ3) is 4.71. The molecule has 1 amide bonds. The van der Waals surface area contributed by atoms with Gasteiger partial charge in [-0.15, -0.1) is 0 Å². The van der Waals surface area contributed by atoms with Gasteiger partial charge in [0.15, 0.2) is 11.5 Å². The summed E-state index contributed by atoms with van der Waals surface area (Å²) in [4.78, 5) is 19.4. The Balaban J connectivity index is 1.76. The highest BCUT2D eigenvalue weighted by molar-refractivity contribution is 7.85. The molecule has 184 valence electrons. The average molecular weight is 507 g/mol. The minimum Gasteiger partial charge on any atom is -0.369 e. The predicted molar refractivity (Wildman–Crippen MR) is 133 cm³/mol. The number of halogens is 1. The molecule has 3 aromatic carbocycles. The fourth-order valence-corrected chi connectivity index (χ4v) is 4.78. The van der Waals surface area contributed by atoms with E-state index in [4.69, 9.17) is 10.3 Å². The first kappa shape index (κ1) is 25.0. The lowest BCUT2D eigenvalue weighted by Crippen LogP contribution is -2.41. The van der Waals surface area contributed by atoms with Crippen molar-refractivity contribution < 1.29 is 22.2 Å². The van der Waals surface area contributed by atoms with Crippen molar-refractivity contribution >= 4 is 22.0 Å². The Morgan fingerprint density at radius 2 is 1.78 bits per heavy atom. The summed E-state index contributed by atoms with van der Waals surface area (Å²) in [6.07, 6.45) is 0.675. The highest BCUT2D eigenvalue weighted by Crippen LogP contribution is 2.40. The third-order valence-corrected chi connectivity index (χ3v) is 6.98. The molecule has 0 aromatic heterocycles. The molecule has 1 heterocycles. The van der Waals surface area contributed by atoms with Crippen LogP contribution in [0.15, 0.2) is 71.7 Å². The van der Waals surface area contributed by atoms with Crippen LogP contribution < -0.4 is 5.73 Å². The minimum absolute atomic E-state index is 0.0520. The van der Waals surface area contributed by atoms with Crippen molar-refractivity contribution in [2.75, 3.05) is 12.8 Å². The van der Waals surface area contributed by atoms with Crippen molar-refractivity contribution in [3.8, 4) is 17.2 Å². The first-order valence-corrected chi connectivity index (χ1v) is 12.6. The van der Waals surface area contributed by atoms with E-state index in [1.54, 1.807) is 54.6 Å². The Kier molecular flexibility index (Phi) is 6.63. The Morgan fingerprint density at radius 1 is 1.08 bits per heavy atom. The van der Waals surface area contributed by atoms with Crippen LogP contribution in [-0.4, -0.2) is 42.5 Å². The Bertz CT molecular complexity index is 1510. The van der Waals surface area contributed by atoms with E-state index in [2.05, 4.69) is 4.99 Å². The lowest BCUT2D eigenvalue weighted by molar-refractivity contribution is -0.129. The maximum absolute atomic E-state index is 13.9. The van der Waals surface area contributed by atoms with Gasteiger partial charge in [0, 0.05) is 7.05 Å². The zero-order chi connectivity index (χ0) is 26.1. The van der Waals surface area contributed by atoms with E-state index in [1.807, 2.05) is 6.07 Å². The van der Waals surface area contributed by atoms with E-state index in [9.17, 15) is 22.9 Å². The summed E-state index contributed by atoms with van der Waals surface area (Å²) in [5, 5.41) is 9.20. The number of guanidine groups is 1. The van der Waals surface area contributed by atoms with Gasteiger partial charge in [0.2, 0.25) is 0 Å². The van der Waals surface area contributed by atoms with E-state index in [0.29, 0.717) is 28.7 Å². The first-order chi connectivity index (χ1) is 17.0. The fourth-order valence-electron chi connectivity index (χ4n) is 4.27. The van der Waals surface area contributed by atoms with E-state index in [0.717, 1.165) is 5.56 Å². The quantitative estimate of drug-likeness (QED) is 0.472. The number of nitrogens with zero attached hydrogens (tertiary/aromatic N) is 3. The van der Waals surface area contributed by atoms with Crippen molar-refractivity contribution in [2.45, 2.75) is 18.4 Å². The maximum atomic E-state index is 13.9. The van der Waals surface area contributed by atoms with Crippen LogP contribution in [0.25, 0.3) is 11.1 Å². The molecule has 0 bridgehead atoms. The SMILES string of the molecule is CN1C(=O)C(c2ccc(CCCS(=O)(=O)O)cc2)(c2cccc(-c3ccc(F)c(C#N)c3)c2)N=C1N. The van der Waals surface area contributed by atoms with Gasteiger partial charge in [-0.1, -0.05) is 48.5 Å². The van der Waals surface area contributed by atoms with Gasteiger partial charge in [0.05, 0.1) is 11.3 Å². The van der Waals surface area contributed by atoms with Crippen molar-refractivity contribution in [1.82, 2.24) is 4.90 Å². The molecule has 0 radical (unpaired) electrons. The first-order valence-electron chi connectivity index (χ1n) is 11.0. The molecular formula is C26H23FN4O4S. The number of carbonyl (C=O) groups is 1. The molecule has 10 heteroatoms. The van der Waals surface area contributed by atoms with Crippen LogP contribution in [0.2, 0.25) is 0 Å². The van der Waals surface area contributed by atoms with E-state index in [-0.39, 0.29) is 29.6 Å². The molecule has 1 aliphatic heterocycles. The predicted octanol–water partition coefficient (Wildman–Crippen LogP) is 3.22. The molecule has 0 aliphatic carbocycles. The van der Waals surface area contributed by atoms with E-state index < -0.39 is 21.5 Å². The summed E-state index contributed by atoms with van der Waals surface area (Å²) in [6.45, 7) is 0. The molecule has 0 fully saturated rings. The molecule has 0 spiro atoms.